The van der Waals surface area contributed by atoms with Crippen molar-refractivity contribution in [3.05, 3.63) is 83.3 Å². The van der Waals surface area contributed by atoms with Crippen molar-refractivity contribution >= 4 is 47.0 Å². The number of amides is 5. The number of imide groups is 1. The molecule has 2 aromatic heterocycles. The summed E-state index contributed by atoms with van der Waals surface area (Å²) in [7, 11) is 1.59. The number of carbonyl (C=O) groups excluding carboxylic acids is 4. The third-order valence-corrected chi connectivity index (χ3v) is 7.17. The van der Waals surface area contributed by atoms with Gasteiger partial charge >= 0.3 is 12.1 Å². The molecule has 3 atom stereocenters. The molecule has 3 aromatic rings. The van der Waals surface area contributed by atoms with Crippen LogP contribution < -0.4 is 15.5 Å². The molecule has 2 N–H and O–H groups in total. The van der Waals surface area contributed by atoms with Gasteiger partial charge < -0.3 is 15.0 Å². The summed E-state index contributed by atoms with van der Waals surface area (Å²) in [5.74, 6) is -1.51. The Hall–Kier alpha value is -4.51. The van der Waals surface area contributed by atoms with Gasteiger partial charge in [-0.1, -0.05) is 30.7 Å². The number of likely N-dealkylation sites (N-methyl/N-ethyl adjacent to an activating group) is 1. The van der Waals surface area contributed by atoms with Crippen molar-refractivity contribution in [1.29, 1.82) is 0 Å². The summed E-state index contributed by atoms with van der Waals surface area (Å²) in [6.45, 7) is 7.15. The fraction of sp³-hybridized carbons (Fsp3) is 0.355. The van der Waals surface area contributed by atoms with Gasteiger partial charge in [-0.3, -0.25) is 24.8 Å². The summed E-state index contributed by atoms with van der Waals surface area (Å²) in [5.41, 5.74) is 1.31. The number of pyridine rings is 2. The zero-order valence-corrected chi connectivity index (χ0v) is 25.5. The van der Waals surface area contributed by atoms with Gasteiger partial charge in [0, 0.05) is 36.3 Å². The molecule has 1 aliphatic rings. The number of likely N-dealkylation sites (tertiary alicyclic amines) is 1. The normalized spacial score (nSPS) is 17.0. The third kappa shape index (κ3) is 7.66. The molecule has 3 heterocycles. The lowest BCUT2D eigenvalue weighted by Gasteiger charge is -2.46. The zero-order valence-electron chi connectivity index (χ0n) is 24.7. The van der Waals surface area contributed by atoms with Gasteiger partial charge in [0.05, 0.1) is 12.0 Å². The third-order valence-electron chi connectivity index (χ3n) is 6.93. The summed E-state index contributed by atoms with van der Waals surface area (Å²) in [5, 5.41) is 6.00. The van der Waals surface area contributed by atoms with E-state index in [1.165, 1.54) is 11.1 Å². The number of aromatic nitrogens is 2. The monoisotopic (exact) mass is 606 g/mol. The lowest BCUT2D eigenvalue weighted by Crippen LogP contribution is -2.70. The van der Waals surface area contributed by atoms with Crippen LogP contribution in [0.5, 0.6) is 0 Å². The van der Waals surface area contributed by atoms with Crippen LogP contribution in [-0.2, 0) is 20.7 Å². The number of urea groups is 1. The number of nitrogens with zero attached hydrogens (tertiary/aromatic N) is 4. The Bertz CT molecular complexity index is 1500. The number of hydrogen-bond donors (Lipinski definition) is 2. The largest absolute Gasteiger partial charge is 0.444 e. The second-order valence-corrected chi connectivity index (χ2v) is 11.6. The quantitative estimate of drug-likeness (QED) is 0.329. The van der Waals surface area contributed by atoms with Crippen molar-refractivity contribution in [2.75, 3.05) is 17.3 Å². The Morgan fingerprint density at radius 2 is 1.81 bits per heavy atom. The Morgan fingerprint density at radius 3 is 2.47 bits per heavy atom. The standard InChI is InChI=1S/C31H35ClN6O5/c1-6-24(20-8-7-9-21(32)18-20)35-29(41)38-26(28(40)37(5)22-11-13-33-14-12-22)23(27(38)39)16-19-10-15-34-25(17-19)36-30(42)43-31(2,3)4/h7-15,17-18,23-24,26H,6,16H2,1-5H3,(H,35,41)(H,34,36,42)/t23-,24?,26+/m1/s1. The van der Waals surface area contributed by atoms with Gasteiger partial charge in [0.15, 0.2) is 0 Å². The molecule has 1 fully saturated rings. The highest BCUT2D eigenvalue weighted by Gasteiger charge is 2.55. The summed E-state index contributed by atoms with van der Waals surface area (Å²) in [6.07, 6.45) is 4.61. The van der Waals surface area contributed by atoms with Crippen LogP contribution in [0.15, 0.2) is 67.1 Å². The summed E-state index contributed by atoms with van der Waals surface area (Å²) < 4.78 is 5.29. The van der Waals surface area contributed by atoms with Gasteiger partial charge in [-0.05, 0) is 81.1 Å². The maximum Gasteiger partial charge on any atom is 0.413 e. The highest BCUT2D eigenvalue weighted by molar-refractivity contribution is 6.30. The smallest absolute Gasteiger partial charge is 0.413 e. The Labute approximate surface area is 255 Å². The van der Waals surface area contributed by atoms with E-state index in [4.69, 9.17) is 16.3 Å². The second kappa shape index (κ2) is 13.2. The molecular formula is C31H35ClN6O5. The first-order valence-corrected chi connectivity index (χ1v) is 14.3. The molecule has 0 bridgehead atoms. The highest BCUT2D eigenvalue weighted by atomic mass is 35.5. The molecule has 0 spiro atoms. The number of nitrogens with one attached hydrogen (secondary N) is 2. The lowest BCUT2D eigenvalue weighted by molar-refractivity contribution is -0.156. The molecular weight excluding hydrogens is 572 g/mol. The van der Waals surface area contributed by atoms with Crippen molar-refractivity contribution in [3.63, 3.8) is 0 Å². The predicted octanol–water partition coefficient (Wildman–Crippen LogP) is 5.37. The molecule has 12 heteroatoms. The van der Waals surface area contributed by atoms with Crippen LogP contribution in [0.25, 0.3) is 0 Å². The average molecular weight is 607 g/mol. The molecule has 0 saturated carbocycles. The second-order valence-electron chi connectivity index (χ2n) is 11.2. The van der Waals surface area contributed by atoms with Crippen LogP contribution in [0.4, 0.5) is 21.1 Å². The number of anilines is 2. The molecule has 11 nitrogen and oxygen atoms in total. The van der Waals surface area contributed by atoms with E-state index in [1.807, 2.05) is 13.0 Å². The molecule has 1 saturated heterocycles. The molecule has 1 aromatic carbocycles. The number of rotatable bonds is 8. The highest BCUT2D eigenvalue weighted by Crippen LogP contribution is 2.34. The van der Waals surface area contributed by atoms with Gasteiger partial charge in [-0.25, -0.2) is 14.6 Å². The van der Waals surface area contributed by atoms with E-state index >= 15 is 0 Å². The van der Waals surface area contributed by atoms with Crippen LogP contribution in [0.2, 0.25) is 5.02 Å². The molecule has 226 valence electrons. The van der Waals surface area contributed by atoms with E-state index in [9.17, 15) is 19.2 Å². The number of halogens is 1. The van der Waals surface area contributed by atoms with Crippen LogP contribution in [0, 0.1) is 5.92 Å². The summed E-state index contributed by atoms with van der Waals surface area (Å²) in [6, 6.07) is 11.6. The van der Waals surface area contributed by atoms with E-state index in [0.29, 0.717) is 22.7 Å². The number of carbonyl (C=O) groups is 4. The Balaban J connectivity index is 1.57. The minimum atomic E-state index is -1.07. The molecule has 4 rings (SSSR count). The van der Waals surface area contributed by atoms with Gasteiger partial charge in [0.2, 0.25) is 5.91 Å². The van der Waals surface area contributed by atoms with Gasteiger partial charge in [0.25, 0.3) is 5.91 Å². The van der Waals surface area contributed by atoms with E-state index < -0.39 is 47.5 Å². The van der Waals surface area contributed by atoms with Crippen LogP contribution in [-0.4, -0.2) is 57.5 Å². The van der Waals surface area contributed by atoms with Crippen molar-refractivity contribution in [3.8, 4) is 0 Å². The molecule has 43 heavy (non-hydrogen) atoms. The van der Waals surface area contributed by atoms with Crippen molar-refractivity contribution in [2.24, 2.45) is 5.92 Å². The maximum atomic E-state index is 13.8. The van der Waals surface area contributed by atoms with E-state index in [1.54, 1.807) is 82.7 Å². The number of hydrogen-bond acceptors (Lipinski definition) is 7. The number of β-lactam (4-membered cyclic amide) rings is 1. The van der Waals surface area contributed by atoms with Gasteiger partial charge in [-0.2, -0.15) is 0 Å². The van der Waals surface area contributed by atoms with Crippen molar-refractivity contribution in [2.45, 2.75) is 58.2 Å². The first kappa shape index (κ1) is 31.4. The molecule has 5 amide bonds. The minimum absolute atomic E-state index is 0.139. The molecule has 0 aliphatic carbocycles. The fourth-order valence-electron chi connectivity index (χ4n) is 4.84. The van der Waals surface area contributed by atoms with Gasteiger partial charge in [0.1, 0.15) is 17.5 Å². The zero-order chi connectivity index (χ0) is 31.3. The molecule has 0 radical (unpaired) electrons. The van der Waals surface area contributed by atoms with Gasteiger partial charge in [-0.15, -0.1) is 0 Å². The van der Waals surface area contributed by atoms with Crippen molar-refractivity contribution in [1.82, 2.24) is 20.2 Å². The molecule has 1 aliphatic heterocycles. The number of ether oxygens (including phenoxy) is 1. The summed E-state index contributed by atoms with van der Waals surface area (Å²) in [4.78, 5) is 63.7. The Kier molecular flexibility index (Phi) is 9.65. The van der Waals surface area contributed by atoms with Crippen LogP contribution in [0.1, 0.15) is 51.3 Å². The topological polar surface area (TPSA) is 134 Å². The van der Waals surface area contributed by atoms with E-state index in [-0.39, 0.29) is 12.2 Å². The summed E-state index contributed by atoms with van der Waals surface area (Å²) >= 11 is 6.16. The minimum Gasteiger partial charge on any atom is -0.444 e. The lowest BCUT2D eigenvalue weighted by atomic mass is 9.81. The van der Waals surface area contributed by atoms with E-state index in [2.05, 4.69) is 20.6 Å². The maximum absolute atomic E-state index is 13.8. The first-order valence-electron chi connectivity index (χ1n) is 13.9. The first-order chi connectivity index (χ1) is 20.4. The van der Waals surface area contributed by atoms with E-state index in [0.717, 1.165) is 10.5 Å². The fourth-order valence-corrected chi connectivity index (χ4v) is 5.04. The van der Waals surface area contributed by atoms with Crippen molar-refractivity contribution < 1.29 is 23.9 Å². The van der Waals surface area contributed by atoms with Crippen LogP contribution >= 0.6 is 11.6 Å². The SMILES string of the molecule is CCC(NC(=O)N1C(=O)[C@H](Cc2ccnc(NC(=O)OC(C)(C)C)c2)[C@H]1C(=O)N(C)c1ccncc1)c1cccc(Cl)c1. The Morgan fingerprint density at radius 1 is 1.09 bits per heavy atom. The number of benzene rings is 1. The average Bonchev–Trinajstić information content (AvgIpc) is 2.96. The van der Waals surface area contributed by atoms with Crippen LogP contribution in [0.3, 0.4) is 0 Å². The molecule has 1 unspecified atom stereocenters. The predicted molar refractivity (Wildman–Crippen MR) is 163 cm³/mol.